The third-order valence-corrected chi connectivity index (χ3v) is 3.06. The highest BCUT2D eigenvalue weighted by atomic mass is 16.3. The van der Waals surface area contributed by atoms with Gasteiger partial charge in [-0.15, -0.1) is 0 Å². The van der Waals surface area contributed by atoms with E-state index in [-0.39, 0.29) is 6.10 Å². The van der Waals surface area contributed by atoms with Crippen LogP contribution in [-0.4, -0.2) is 60.3 Å². The van der Waals surface area contributed by atoms with Gasteiger partial charge >= 0.3 is 0 Å². The van der Waals surface area contributed by atoms with Crippen molar-refractivity contribution in [1.82, 2.24) is 9.80 Å². The van der Waals surface area contributed by atoms with Gasteiger partial charge in [0, 0.05) is 19.1 Å². The Labute approximate surface area is 87.7 Å². The Kier molecular flexibility index (Phi) is 4.85. The van der Waals surface area contributed by atoms with E-state index < -0.39 is 0 Å². The summed E-state index contributed by atoms with van der Waals surface area (Å²) in [7, 11) is 2.18. The molecule has 1 aliphatic rings. The number of likely N-dealkylation sites (N-methyl/N-ethyl adjacent to an activating group) is 1. The number of rotatable bonds is 3. The van der Waals surface area contributed by atoms with E-state index in [2.05, 4.69) is 23.8 Å². The minimum atomic E-state index is -0.175. The molecule has 0 amide bonds. The third kappa shape index (κ3) is 3.95. The lowest BCUT2D eigenvalue weighted by molar-refractivity contribution is 0.122. The predicted molar refractivity (Wildman–Crippen MR) is 59.4 cm³/mol. The van der Waals surface area contributed by atoms with Gasteiger partial charge in [-0.3, -0.25) is 4.90 Å². The molecule has 0 aromatic heterocycles. The highest BCUT2D eigenvalue weighted by Crippen LogP contribution is 2.10. The third-order valence-electron chi connectivity index (χ3n) is 3.06. The maximum Gasteiger partial charge on any atom is 0.0526 e. The molecule has 1 N–H and O–H groups in total. The number of hydrogen-bond acceptors (Lipinski definition) is 3. The zero-order valence-corrected chi connectivity index (χ0v) is 9.74. The van der Waals surface area contributed by atoms with E-state index in [1.54, 1.807) is 0 Å². The highest BCUT2D eigenvalue weighted by Gasteiger charge is 2.18. The molecule has 0 radical (unpaired) electrons. The first-order chi connectivity index (χ1) is 6.59. The van der Waals surface area contributed by atoms with Crippen molar-refractivity contribution in [2.24, 2.45) is 0 Å². The Morgan fingerprint density at radius 3 is 2.50 bits per heavy atom. The summed E-state index contributed by atoms with van der Waals surface area (Å²) in [4.78, 5) is 4.88. The second-order valence-electron chi connectivity index (χ2n) is 4.63. The fourth-order valence-electron chi connectivity index (χ4n) is 2.15. The van der Waals surface area contributed by atoms with Crippen molar-refractivity contribution in [3.05, 3.63) is 0 Å². The predicted octanol–water partition coefficient (Wildman–Crippen LogP) is 0.783. The molecular formula is C11H24N2O. The topological polar surface area (TPSA) is 26.7 Å². The molecule has 0 bridgehead atoms. The molecule has 1 aliphatic heterocycles. The first-order valence-corrected chi connectivity index (χ1v) is 5.70. The number of hydrogen-bond donors (Lipinski definition) is 1. The molecule has 1 heterocycles. The summed E-state index contributed by atoms with van der Waals surface area (Å²) >= 11 is 0. The maximum atomic E-state index is 9.34. The Balaban J connectivity index is 2.35. The lowest BCUT2D eigenvalue weighted by atomic mass is 10.1. The molecule has 2 atom stereocenters. The highest BCUT2D eigenvalue weighted by molar-refractivity contribution is 4.74. The molecule has 84 valence electrons. The molecular weight excluding hydrogens is 176 g/mol. The van der Waals surface area contributed by atoms with E-state index >= 15 is 0 Å². The van der Waals surface area contributed by atoms with Crippen LogP contribution in [0.5, 0.6) is 0 Å². The van der Waals surface area contributed by atoms with Crippen molar-refractivity contribution in [1.29, 1.82) is 0 Å². The Morgan fingerprint density at radius 2 is 1.86 bits per heavy atom. The van der Waals surface area contributed by atoms with Gasteiger partial charge in [0.1, 0.15) is 0 Å². The Morgan fingerprint density at radius 1 is 1.14 bits per heavy atom. The second-order valence-corrected chi connectivity index (χ2v) is 4.63. The van der Waals surface area contributed by atoms with Crippen molar-refractivity contribution < 1.29 is 5.11 Å². The smallest absolute Gasteiger partial charge is 0.0526 e. The zero-order chi connectivity index (χ0) is 10.6. The van der Waals surface area contributed by atoms with Gasteiger partial charge < -0.3 is 10.0 Å². The minimum absolute atomic E-state index is 0.175. The van der Waals surface area contributed by atoms with Crippen LogP contribution in [0.25, 0.3) is 0 Å². The van der Waals surface area contributed by atoms with Crippen LogP contribution in [0.4, 0.5) is 0 Å². The normalized spacial score (nSPS) is 25.7. The number of aliphatic hydroxyl groups is 1. The van der Waals surface area contributed by atoms with Gasteiger partial charge in [0.25, 0.3) is 0 Å². The standard InChI is InChI=1S/C11H24N2O/c1-10(9-11(2)14)13-6-4-5-12(3)7-8-13/h10-11,14H,4-9H2,1-3H3. The largest absolute Gasteiger partial charge is 0.393 e. The molecule has 0 aliphatic carbocycles. The molecule has 14 heavy (non-hydrogen) atoms. The van der Waals surface area contributed by atoms with Crippen LogP contribution in [0.3, 0.4) is 0 Å². The van der Waals surface area contributed by atoms with Crippen LogP contribution in [-0.2, 0) is 0 Å². The first-order valence-electron chi connectivity index (χ1n) is 5.70. The molecule has 1 fully saturated rings. The fraction of sp³-hybridized carbons (Fsp3) is 1.00. The molecule has 0 aromatic rings. The van der Waals surface area contributed by atoms with Crippen LogP contribution in [0.2, 0.25) is 0 Å². The molecule has 1 saturated heterocycles. The molecule has 0 spiro atoms. The molecule has 2 unspecified atom stereocenters. The van der Waals surface area contributed by atoms with E-state index in [0.717, 1.165) is 19.5 Å². The molecule has 1 rings (SSSR count). The lowest BCUT2D eigenvalue weighted by Crippen LogP contribution is -2.37. The van der Waals surface area contributed by atoms with Crippen molar-refractivity contribution in [2.75, 3.05) is 33.2 Å². The average molecular weight is 200 g/mol. The van der Waals surface area contributed by atoms with E-state index in [4.69, 9.17) is 0 Å². The van der Waals surface area contributed by atoms with E-state index in [1.165, 1.54) is 19.5 Å². The summed E-state index contributed by atoms with van der Waals surface area (Å²) in [5, 5.41) is 9.34. The number of aliphatic hydroxyl groups excluding tert-OH is 1. The van der Waals surface area contributed by atoms with Crippen LogP contribution < -0.4 is 0 Å². The fourth-order valence-corrected chi connectivity index (χ4v) is 2.15. The molecule has 3 nitrogen and oxygen atoms in total. The quantitative estimate of drug-likeness (QED) is 0.729. The second kappa shape index (κ2) is 5.69. The Hall–Kier alpha value is -0.120. The van der Waals surface area contributed by atoms with Crippen LogP contribution in [0, 0.1) is 0 Å². The van der Waals surface area contributed by atoms with Gasteiger partial charge in [-0.1, -0.05) is 0 Å². The van der Waals surface area contributed by atoms with Gasteiger partial charge in [0.05, 0.1) is 6.10 Å². The lowest BCUT2D eigenvalue weighted by Gasteiger charge is -2.28. The van der Waals surface area contributed by atoms with E-state index in [1.807, 2.05) is 6.92 Å². The summed E-state index contributed by atoms with van der Waals surface area (Å²) < 4.78 is 0. The SMILES string of the molecule is CC(O)CC(C)N1CCCN(C)CC1. The maximum absolute atomic E-state index is 9.34. The van der Waals surface area contributed by atoms with Gasteiger partial charge in [0.2, 0.25) is 0 Å². The van der Waals surface area contributed by atoms with Crippen LogP contribution >= 0.6 is 0 Å². The molecule has 3 heteroatoms. The van der Waals surface area contributed by atoms with Gasteiger partial charge in [-0.05, 0) is 46.8 Å². The van der Waals surface area contributed by atoms with Crippen molar-refractivity contribution in [2.45, 2.75) is 38.8 Å². The summed E-state index contributed by atoms with van der Waals surface area (Å²) in [6.45, 7) is 8.78. The van der Waals surface area contributed by atoms with Gasteiger partial charge in [-0.2, -0.15) is 0 Å². The monoisotopic (exact) mass is 200 g/mol. The van der Waals surface area contributed by atoms with Gasteiger partial charge in [-0.25, -0.2) is 0 Å². The minimum Gasteiger partial charge on any atom is -0.393 e. The van der Waals surface area contributed by atoms with Crippen molar-refractivity contribution in [3.8, 4) is 0 Å². The summed E-state index contributed by atoms with van der Waals surface area (Å²) in [5.74, 6) is 0. The Bertz CT molecular complexity index is 161. The molecule has 0 aromatic carbocycles. The summed E-state index contributed by atoms with van der Waals surface area (Å²) in [5.41, 5.74) is 0. The van der Waals surface area contributed by atoms with Crippen LogP contribution in [0.1, 0.15) is 26.7 Å². The first kappa shape index (κ1) is 12.0. The van der Waals surface area contributed by atoms with Crippen LogP contribution in [0.15, 0.2) is 0 Å². The summed E-state index contributed by atoms with van der Waals surface area (Å²) in [6.07, 6.45) is 1.97. The number of nitrogens with zero attached hydrogens (tertiary/aromatic N) is 2. The molecule has 0 saturated carbocycles. The van der Waals surface area contributed by atoms with Gasteiger partial charge in [0.15, 0.2) is 0 Å². The average Bonchev–Trinajstić information content (AvgIpc) is 2.28. The summed E-state index contributed by atoms with van der Waals surface area (Å²) in [6, 6.07) is 0.515. The zero-order valence-electron chi connectivity index (χ0n) is 9.74. The van der Waals surface area contributed by atoms with Crippen molar-refractivity contribution in [3.63, 3.8) is 0 Å². The van der Waals surface area contributed by atoms with Crippen molar-refractivity contribution >= 4 is 0 Å². The van der Waals surface area contributed by atoms with E-state index in [0.29, 0.717) is 6.04 Å². The van der Waals surface area contributed by atoms with E-state index in [9.17, 15) is 5.11 Å².